The van der Waals surface area contributed by atoms with Crippen LogP contribution >= 0.6 is 0 Å². The van der Waals surface area contributed by atoms with Gasteiger partial charge in [0.05, 0.1) is 12.5 Å². The van der Waals surface area contributed by atoms with Crippen molar-refractivity contribution in [2.24, 2.45) is 17.8 Å². The lowest BCUT2D eigenvalue weighted by Crippen LogP contribution is -2.31. The number of carbonyl (C=O) groups is 2. The fourth-order valence-corrected chi connectivity index (χ4v) is 2.69. The van der Waals surface area contributed by atoms with Crippen LogP contribution in [0.25, 0.3) is 0 Å². The van der Waals surface area contributed by atoms with Gasteiger partial charge in [-0.3, -0.25) is 14.5 Å². The number of benzene rings is 1. The van der Waals surface area contributed by atoms with Crippen molar-refractivity contribution in [2.75, 3.05) is 0 Å². The molecule has 1 aromatic carbocycles. The molecule has 0 bridgehead atoms. The molecule has 0 aromatic heterocycles. The highest BCUT2D eigenvalue weighted by molar-refractivity contribution is 6.04. The molecule has 0 spiro atoms. The van der Waals surface area contributed by atoms with Gasteiger partial charge in [0, 0.05) is 5.92 Å². The fourth-order valence-electron chi connectivity index (χ4n) is 2.69. The standard InChI is InChI=1S/C15H19NO2/c1-10(2)13-11(3)14(17)16(15(13)18)9-12-7-5-4-6-8-12/h4-8,10-11,13H,9H2,1-3H3/t11-,13?/m1/s1. The van der Waals surface area contributed by atoms with Crippen LogP contribution in [0.4, 0.5) is 0 Å². The number of hydrogen-bond acceptors (Lipinski definition) is 2. The van der Waals surface area contributed by atoms with E-state index in [1.807, 2.05) is 51.1 Å². The van der Waals surface area contributed by atoms with Crippen LogP contribution in [-0.4, -0.2) is 16.7 Å². The molecule has 1 unspecified atom stereocenters. The van der Waals surface area contributed by atoms with Crippen LogP contribution in [0.1, 0.15) is 26.3 Å². The van der Waals surface area contributed by atoms with Gasteiger partial charge in [0.15, 0.2) is 0 Å². The molecule has 1 aliphatic heterocycles. The molecule has 0 saturated carbocycles. The van der Waals surface area contributed by atoms with Crippen molar-refractivity contribution in [3.05, 3.63) is 35.9 Å². The quantitative estimate of drug-likeness (QED) is 0.767. The second-order valence-electron chi connectivity index (χ2n) is 5.31. The van der Waals surface area contributed by atoms with Gasteiger partial charge in [-0.15, -0.1) is 0 Å². The van der Waals surface area contributed by atoms with Gasteiger partial charge in [-0.05, 0) is 11.5 Å². The van der Waals surface area contributed by atoms with Gasteiger partial charge in [0.2, 0.25) is 11.8 Å². The third-order valence-electron chi connectivity index (χ3n) is 3.65. The summed E-state index contributed by atoms with van der Waals surface area (Å²) in [6, 6.07) is 9.64. The van der Waals surface area contributed by atoms with Crippen molar-refractivity contribution in [3.63, 3.8) is 0 Å². The SMILES string of the molecule is CC(C)C1C(=O)N(Cc2ccccc2)C(=O)[C@@H]1C. The van der Waals surface area contributed by atoms with Crippen LogP contribution in [0, 0.1) is 17.8 Å². The van der Waals surface area contributed by atoms with E-state index >= 15 is 0 Å². The van der Waals surface area contributed by atoms with E-state index < -0.39 is 0 Å². The monoisotopic (exact) mass is 245 g/mol. The summed E-state index contributed by atoms with van der Waals surface area (Å²) in [4.78, 5) is 25.8. The van der Waals surface area contributed by atoms with Gasteiger partial charge < -0.3 is 0 Å². The highest BCUT2D eigenvalue weighted by Crippen LogP contribution is 2.32. The Labute approximate surface area is 108 Å². The molecule has 0 aliphatic carbocycles. The minimum absolute atomic E-state index is 0.0219. The molecule has 1 aromatic rings. The van der Waals surface area contributed by atoms with Crippen LogP contribution in [0.3, 0.4) is 0 Å². The van der Waals surface area contributed by atoms with Crippen LogP contribution in [0.5, 0.6) is 0 Å². The molecule has 3 heteroatoms. The van der Waals surface area contributed by atoms with Gasteiger partial charge >= 0.3 is 0 Å². The van der Waals surface area contributed by atoms with Gasteiger partial charge in [-0.2, -0.15) is 0 Å². The first-order chi connectivity index (χ1) is 8.52. The zero-order chi connectivity index (χ0) is 13.3. The molecular weight excluding hydrogens is 226 g/mol. The van der Waals surface area contributed by atoms with E-state index in [0.717, 1.165) is 5.56 Å². The molecule has 0 radical (unpaired) electrons. The lowest BCUT2D eigenvalue weighted by molar-refractivity contribution is -0.140. The zero-order valence-corrected chi connectivity index (χ0v) is 11.1. The van der Waals surface area contributed by atoms with Gasteiger partial charge in [-0.25, -0.2) is 0 Å². The molecule has 1 fully saturated rings. The summed E-state index contributed by atoms with van der Waals surface area (Å²) in [5.41, 5.74) is 0.996. The average Bonchev–Trinajstić information content (AvgIpc) is 2.55. The fraction of sp³-hybridized carbons (Fsp3) is 0.467. The summed E-state index contributed by atoms with van der Waals surface area (Å²) >= 11 is 0. The van der Waals surface area contributed by atoms with Crippen molar-refractivity contribution in [2.45, 2.75) is 27.3 Å². The second kappa shape index (κ2) is 4.92. The Bertz CT molecular complexity index is 453. The predicted octanol–water partition coefficient (Wildman–Crippen LogP) is 2.46. The van der Waals surface area contributed by atoms with Gasteiger partial charge in [0.25, 0.3) is 0 Å². The summed E-state index contributed by atoms with van der Waals surface area (Å²) in [6.07, 6.45) is 0. The molecule has 3 nitrogen and oxygen atoms in total. The molecular formula is C15H19NO2. The lowest BCUT2D eigenvalue weighted by Gasteiger charge is -2.16. The van der Waals surface area contributed by atoms with E-state index in [1.165, 1.54) is 4.90 Å². The van der Waals surface area contributed by atoms with E-state index in [9.17, 15) is 9.59 Å². The van der Waals surface area contributed by atoms with E-state index in [-0.39, 0.29) is 29.6 Å². The first kappa shape index (κ1) is 12.8. The number of likely N-dealkylation sites (tertiary alicyclic amines) is 1. The normalized spacial score (nSPS) is 24.1. The first-order valence-electron chi connectivity index (χ1n) is 6.41. The molecule has 1 saturated heterocycles. The van der Waals surface area contributed by atoms with Crippen molar-refractivity contribution >= 4 is 11.8 Å². The Morgan fingerprint density at radius 3 is 2.22 bits per heavy atom. The highest BCUT2D eigenvalue weighted by atomic mass is 16.2. The number of hydrogen-bond donors (Lipinski definition) is 0. The van der Waals surface area contributed by atoms with Crippen LogP contribution in [0.2, 0.25) is 0 Å². The summed E-state index contributed by atoms with van der Waals surface area (Å²) < 4.78 is 0. The maximum Gasteiger partial charge on any atom is 0.233 e. The molecule has 96 valence electrons. The van der Waals surface area contributed by atoms with Crippen molar-refractivity contribution in [1.29, 1.82) is 0 Å². The van der Waals surface area contributed by atoms with Crippen molar-refractivity contribution in [3.8, 4) is 0 Å². The molecule has 1 heterocycles. The summed E-state index contributed by atoms with van der Waals surface area (Å²) in [5.74, 6) is -0.214. The van der Waals surface area contributed by atoms with Crippen LogP contribution in [0.15, 0.2) is 30.3 Å². The minimum Gasteiger partial charge on any atom is -0.278 e. The largest absolute Gasteiger partial charge is 0.278 e. The Hall–Kier alpha value is -1.64. The lowest BCUT2D eigenvalue weighted by atomic mass is 9.87. The second-order valence-corrected chi connectivity index (χ2v) is 5.31. The molecule has 1 aliphatic rings. The Morgan fingerprint density at radius 2 is 1.72 bits per heavy atom. The third kappa shape index (κ3) is 2.17. The van der Waals surface area contributed by atoms with Crippen molar-refractivity contribution in [1.82, 2.24) is 4.90 Å². The number of rotatable bonds is 3. The smallest absolute Gasteiger partial charge is 0.233 e. The Morgan fingerprint density at radius 1 is 1.11 bits per heavy atom. The highest BCUT2D eigenvalue weighted by Gasteiger charge is 2.45. The van der Waals surface area contributed by atoms with E-state index in [4.69, 9.17) is 0 Å². The van der Waals surface area contributed by atoms with E-state index in [0.29, 0.717) is 6.54 Å². The predicted molar refractivity (Wildman–Crippen MR) is 69.5 cm³/mol. The first-order valence-corrected chi connectivity index (χ1v) is 6.41. The molecule has 2 rings (SSSR count). The Kier molecular flexibility index (Phi) is 3.50. The van der Waals surface area contributed by atoms with Crippen LogP contribution in [-0.2, 0) is 16.1 Å². The van der Waals surface area contributed by atoms with Gasteiger partial charge in [-0.1, -0.05) is 51.1 Å². The minimum atomic E-state index is -0.193. The maximum absolute atomic E-state index is 12.3. The topological polar surface area (TPSA) is 37.4 Å². The van der Waals surface area contributed by atoms with Gasteiger partial charge in [0.1, 0.15) is 0 Å². The van der Waals surface area contributed by atoms with E-state index in [2.05, 4.69) is 0 Å². The maximum atomic E-state index is 12.3. The number of amides is 2. The number of carbonyl (C=O) groups excluding carboxylic acids is 2. The van der Waals surface area contributed by atoms with Crippen LogP contribution < -0.4 is 0 Å². The number of nitrogens with zero attached hydrogens (tertiary/aromatic N) is 1. The third-order valence-corrected chi connectivity index (χ3v) is 3.65. The summed E-state index contributed by atoms with van der Waals surface area (Å²) in [5, 5.41) is 0. The molecule has 2 atom stereocenters. The summed E-state index contributed by atoms with van der Waals surface area (Å²) in [7, 11) is 0. The zero-order valence-electron chi connectivity index (χ0n) is 11.1. The van der Waals surface area contributed by atoms with E-state index in [1.54, 1.807) is 0 Å². The van der Waals surface area contributed by atoms with Crippen molar-refractivity contribution < 1.29 is 9.59 Å². The molecule has 18 heavy (non-hydrogen) atoms. The number of imide groups is 1. The molecule has 0 N–H and O–H groups in total. The summed E-state index contributed by atoms with van der Waals surface area (Å²) in [6.45, 7) is 6.25. The average molecular weight is 245 g/mol. The molecule has 2 amide bonds. The Balaban J connectivity index is 2.19.